The topological polar surface area (TPSA) is 85.8 Å². The van der Waals surface area contributed by atoms with Gasteiger partial charge in [0.2, 0.25) is 5.88 Å². The molecule has 2 aliphatic rings. The molecule has 0 saturated carbocycles. The molecule has 7 nitrogen and oxygen atoms in total. The van der Waals surface area contributed by atoms with Crippen LogP contribution in [0.15, 0.2) is 18.3 Å². The average Bonchev–Trinajstić information content (AvgIpc) is 2.54. The maximum Gasteiger partial charge on any atom is 0.259 e. The first kappa shape index (κ1) is 17.2. The molecule has 0 bridgehead atoms. The Hall–Kier alpha value is -1.67. The summed E-state index contributed by atoms with van der Waals surface area (Å²) in [6.07, 6.45) is 1.99. The van der Waals surface area contributed by atoms with E-state index >= 15 is 0 Å². The molecule has 132 valence electrons. The van der Waals surface area contributed by atoms with Crippen LogP contribution >= 0.6 is 0 Å². The molecule has 1 aromatic rings. The van der Waals surface area contributed by atoms with Crippen LogP contribution in [-0.4, -0.2) is 67.1 Å². The molecule has 2 aliphatic heterocycles. The number of hydrogen-bond donors (Lipinski definition) is 0. The number of amides is 1. The Balaban J connectivity index is 1.90. The van der Waals surface area contributed by atoms with E-state index in [9.17, 15) is 13.2 Å². The van der Waals surface area contributed by atoms with Crippen molar-refractivity contribution in [2.24, 2.45) is 0 Å². The minimum Gasteiger partial charge on any atom is -0.474 e. The zero-order valence-corrected chi connectivity index (χ0v) is 14.7. The van der Waals surface area contributed by atoms with Gasteiger partial charge in [0.05, 0.1) is 24.5 Å². The first-order valence-corrected chi connectivity index (χ1v) is 9.83. The lowest BCUT2D eigenvalue weighted by molar-refractivity contribution is 0.0291. The van der Waals surface area contributed by atoms with Gasteiger partial charge >= 0.3 is 0 Å². The highest BCUT2D eigenvalue weighted by Gasteiger charge is 2.45. The normalized spacial score (nSPS) is 26.0. The number of carbonyl (C=O) groups excluding carboxylic acids is 1. The molecule has 24 heavy (non-hydrogen) atoms. The van der Waals surface area contributed by atoms with Gasteiger partial charge in [0.25, 0.3) is 5.91 Å². The highest BCUT2D eigenvalue weighted by atomic mass is 32.2. The summed E-state index contributed by atoms with van der Waals surface area (Å²) in [5.41, 5.74) is 0.371. The number of rotatable bonds is 3. The van der Waals surface area contributed by atoms with Crippen molar-refractivity contribution in [1.82, 2.24) is 9.88 Å². The molecule has 0 aromatic carbocycles. The Labute approximate surface area is 141 Å². The van der Waals surface area contributed by atoms with Gasteiger partial charge in [-0.1, -0.05) is 0 Å². The summed E-state index contributed by atoms with van der Waals surface area (Å²) in [6.45, 7) is 4.54. The molecule has 8 heteroatoms. The van der Waals surface area contributed by atoms with Crippen LogP contribution in [0.25, 0.3) is 0 Å². The van der Waals surface area contributed by atoms with Crippen molar-refractivity contribution in [3.8, 4) is 5.88 Å². The van der Waals surface area contributed by atoms with Gasteiger partial charge in [-0.15, -0.1) is 0 Å². The smallest absolute Gasteiger partial charge is 0.259 e. The standard InChI is InChI=1S/C16H22N2O5S/c1-11(2)23-15-12(4-3-6-17-15)16(19)18-7-9-24(20,21)14-10-22-8-5-13(14)18/h3-4,6,11,13-14H,5,7-10H2,1-2H3. The SMILES string of the molecule is CC(C)Oc1ncccc1C(=O)N1CCS(=O)(=O)C2COCCC21. The van der Waals surface area contributed by atoms with E-state index in [1.54, 1.807) is 23.2 Å². The van der Waals surface area contributed by atoms with E-state index in [1.807, 2.05) is 13.8 Å². The molecule has 0 radical (unpaired) electrons. The van der Waals surface area contributed by atoms with Crippen LogP contribution in [-0.2, 0) is 14.6 Å². The molecule has 0 aliphatic carbocycles. The number of nitrogens with zero attached hydrogens (tertiary/aromatic N) is 2. The van der Waals surface area contributed by atoms with E-state index < -0.39 is 15.1 Å². The van der Waals surface area contributed by atoms with E-state index in [-0.39, 0.29) is 42.8 Å². The molecule has 2 atom stereocenters. The van der Waals surface area contributed by atoms with E-state index in [1.165, 1.54) is 0 Å². The van der Waals surface area contributed by atoms with Crippen LogP contribution in [0.2, 0.25) is 0 Å². The van der Waals surface area contributed by atoms with Crippen molar-refractivity contribution in [3.05, 3.63) is 23.9 Å². The molecule has 1 amide bonds. The second kappa shape index (κ2) is 6.68. The molecule has 0 spiro atoms. The quantitative estimate of drug-likeness (QED) is 0.802. The van der Waals surface area contributed by atoms with E-state index in [2.05, 4.69) is 4.98 Å². The van der Waals surface area contributed by atoms with Gasteiger partial charge in [0, 0.05) is 19.3 Å². The number of fused-ring (bicyclic) bond motifs is 1. The van der Waals surface area contributed by atoms with Gasteiger partial charge in [-0.25, -0.2) is 13.4 Å². The predicted molar refractivity (Wildman–Crippen MR) is 87.8 cm³/mol. The lowest BCUT2D eigenvalue weighted by Gasteiger charge is -2.43. The Morgan fingerprint density at radius 2 is 2.25 bits per heavy atom. The number of ether oxygens (including phenoxy) is 2. The van der Waals surface area contributed by atoms with Crippen molar-refractivity contribution in [3.63, 3.8) is 0 Å². The summed E-state index contributed by atoms with van der Waals surface area (Å²) >= 11 is 0. The Kier molecular flexibility index (Phi) is 4.78. The Bertz CT molecular complexity index is 719. The first-order chi connectivity index (χ1) is 11.4. The van der Waals surface area contributed by atoms with Crippen LogP contribution in [0, 0.1) is 0 Å². The van der Waals surface area contributed by atoms with Gasteiger partial charge in [-0.05, 0) is 32.4 Å². The van der Waals surface area contributed by atoms with Crippen molar-refractivity contribution in [2.45, 2.75) is 37.7 Å². The maximum atomic E-state index is 13.0. The number of carbonyl (C=O) groups is 1. The van der Waals surface area contributed by atoms with Crippen LogP contribution in [0.5, 0.6) is 5.88 Å². The summed E-state index contributed by atoms with van der Waals surface area (Å²) < 4.78 is 35.5. The Morgan fingerprint density at radius 1 is 1.46 bits per heavy atom. The summed E-state index contributed by atoms with van der Waals surface area (Å²) in [6, 6.07) is 3.00. The number of sulfone groups is 1. The highest BCUT2D eigenvalue weighted by Crippen LogP contribution is 2.29. The average molecular weight is 354 g/mol. The number of aromatic nitrogens is 1. The maximum absolute atomic E-state index is 13.0. The molecular formula is C16H22N2O5S. The zero-order chi connectivity index (χ0) is 17.3. The lowest BCUT2D eigenvalue weighted by atomic mass is 10.0. The summed E-state index contributed by atoms with van der Waals surface area (Å²) in [7, 11) is -3.23. The summed E-state index contributed by atoms with van der Waals surface area (Å²) in [5, 5.41) is -0.643. The van der Waals surface area contributed by atoms with E-state index in [0.29, 0.717) is 18.6 Å². The Morgan fingerprint density at radius 3 is 3.00 bits per heavy atom. The van der Waals surface area contributed by atoms with Crippen molar-refractivity contribution < 1.29 is 22.7 Å². The van der Waals surface area contributed by atoms with Gasteiger partial charge in [0.15, 0.2) is 9.84 Å². The van der Waals surface area contributed by atoms with Gasteiger partial charge in [0.1, 0.15) is 10.8 Å². The number of pyridine rings is 1. The van der Waals surface area contributed by atoms with Crippen LogP contribution in [0.3, 0.4) is 0 Å². The number of hydrogen-bond acceptors (Lipinski definition) is 6. The first-order valence-electron chi connectivity index (χ1n) is 8.12. The molecule has 1 aromatic heterocycles. The van der Waals surface area contributed by atoms with Crippen LogP contribution in [0.4, 0.5) is 0 Å². The van der Waals surface area contributed by atoms with Crippen molar-refractivity contribution in [1.29, 1.82) is 0 Å². The lowest BCUT2D eigenvalue weighted by Crippen LogP contribution is -2.60. The molecule has 3 heterocycles. The highest BCUT2D eigenvalue weighted by molar-refractivity contribution is 7.92. The van der Waals surface area contributed by atoms with Crippen LogP contribution < -0.4 is 4.74 Å². The summed E-state index contributed by atoms with van der Waals surface area (Å²) in [5.74, 6) is 0.0178. The van der Waals surface area contributed by atoms with Gasteiger partial charge < -0.3 is 14.4 Å². The minimum absolute atomic E-state index is 0.0378. The molecule has 2 unspecified atom stereocenters. The van der Waals surface area contributed by atoms with Gasteiger partial charge in [-0.3, -0.25) is 4.79 Å². The fourth-order valence-corrected chi connectivity index (χ4v) is 5.04. The molecule has 2 saturated heterocycles. The second-order valence-electron chi connectivity index (χ2n) is 6.36. The van der Waals surface area contributed by atoms with Gasteiger partial charge in [-0.2, -0.15) is 0 Å². The molecular weight excluding hydrogens is 332 g/mol. The van der Waals surface area contributed by atoms with E-state index in [4.69, 9.17) is 9.47 Å². The van der Waals surface area contributed by atoms with E-state index in [0.717, 1.165) is 0 Å². The van der Waals surface area contributed by atoms with Crippen molar-refractivity contribution >= 4 is 15.7 Å². The predicted octanol–water partition coefficient (Wildman–Crippen LogP) is 0.897. The molecule has 0 N–H and O–H groups in total. The summed E-state index contributed by atoms with van der Waals surface area (Å²) in [4.78, 5) is 18.8. The molecule has 3 rings (SSSR count). The minimum atomic E-state index is -3.23. The molecule has 2 fully saturated rings. The third kappa shape index (κ3) is 3.25. The monoisotopic (exact) mass is 354 g/mol. The largest absolute Gasteiger partial charge is 0.474 e. The second-order valence-corrected chi connectivity index (χ2v) is 8.70. The van der Waals surface area contributed by atoms with Crippen LogP contribution in [0.1, 0.15) is 30.6 Å². The third-order valence-electron chi connectivity index (χ3n) is 4.36. The van der Waals surface area contributed by atoms with Crippen molar-refractivity contribution in [2.75, 3.05) is 25.5 Å². The third-order valence-corrected chi connectivity index (χ3v) is 6.48. The zero-order valence-electron chi connectivity index (χ0n) is 13.8. The fraction of sp³-hybridized carbons (Fsp3) is 0.625. The fourth-order valence-electron chi connectivity index (χ4n) is 3.22.